The van der Waals surface area contributed by atoms with Gasteiger partial charge >= 0.3 is 0 Å². The van der Waals surface area contributed by atoms with Crippen molar-refractivity contribution in [2.75, 3.05) is 5.32 Å². The number of hydrogen-bond donors (Lipinski definition) is 1. The number of hydrogen-bond acceptors (Lipinski definition) is 1. The Morgan fingerprint density at radius 1 is 1.05 bits per heavy atom. The van der Waals surface area contributed by atoms with Gasteiger partial charge in [0.25, 0.3) is 0 Å². The maximum absolute atomic E-state index is 12.1. The van der Waals surface area contributed by atoms with Gasteiger partial charge in [-0.1, -0.05) is 42.5 Å². The van der Waals surface area contributed by atoms with Gasteiger partial charge in [-0.3, -0.25) is 4.79 Å². The van der Waals surface area contributed by atoms with Crippen LogP contribution in [0, 0.1) is 13.8 Å². The van der Waals surface area contributed by atoms with E-state index in [0.29, 0.717) is 0 Å². The predicted octanol–water partition coefficient (Wildman–Crippen LogP) is 4.22. The fraction of sp³-hybridized carbons (Fsp3) is 0.188. The molecule has 1 atom stereocenters. The summed E-state index contributed by atoms with van der Waals surface area (Å²) in [5, 5.41) is 2.20. The van der Waals surface area contributed by atoms with Crippen LogP contribution < -0.4 is 5.32 Å². The third kappa shape index (κ3) is 3.15. The zero-order chi connectivity index (χ0) is 13.8. The van der Waals surface area contributed by atoms with Gasteiger partial charge in [0.05, 0.1) is 0 Å². The van der Waals surface area contributed by atoms with Gasteiger partial charge in [0.1, 0.15) is 5.38 Å². The Balaban J connectivity index is 2.15. The third-order valence-corrected chi connectivity index (χ3v) is 3.64. The highest BCUT2D eigenvalue weighted by atomic mass is 35.5. The molecule has 2 aromatic carbocycles. The van der Waals surface area contributed by atoms with E-state index in [-0.39, 0.29) is 5.91 Å². The molecule has 2 nitrogen and oxygen atoms in total. The molecule has 0 aliphatic carbocycles. The quantitative estimate of drug-likeness (QED) is 0.834. The van der Waals surface area contributed by atoms with E-state index < -0.39 is 5.38 Å². The zero-order valence-corrected chi connectivity index (χ0v) is 11.7. The second-order valence-corrected chi connectivity index (χ2v) is 4.95. The molecule has 0 bridgehead atoms. The van der Waals surface area contributed by atoms with Crippen LogP contribution in [-0.2, 0) is 4.79 Å². The zero-order valence-electron chi connectivity index (χ0n) is 11.0. The molecule has 19 heavy (non-hydrogen) atoms. The first kappa shape index (κ1) is 13.6. The maximum Gasteiger partial charge on any atom is 0.246 e. The first-order chi connectivity index (χ1) is 9.09. The third-order valence-electron chi connectivity index (χ3n) is 3.18. The molecule has 98 valence electrons. The average Bonchev–Trinajstić information content (AvgIpc) is 2.44. The fourth-order valence-electron chi connectivity index (χ4n) is 1.86. The van der Waals surface area contributed by atoms with Gasteiger partial charge in [0.15, 0.2) is 0 Å². The van der Waals surface area contributed by atoms with Crippen LogP contribution in [0.15, 0.2) is 48.5 Å². The Bertz CT molecular complexity index is 581. The first-order valence-electron chi connectivity index (χ1n) is 6.15. The second kappa shape index (κ2) is 5.89. The summed E-state index contributed by atoms with van der Waals surface area (Å²) >= 11 is 6.19. The van der Waals surface area contributed by atoms with Crippen molar-refractivity contribution in [3.8, 4) is 0 Å². The Morgan fingerprint density at radius 3 is 2.42 bits per heavy atom. The molecule has 1 unspecified atom stereocenters. The Labute approximate surface area is 118 Å². The van der Waals surface area contributed by atoms with Gasteiger partial charge < -0.3 is 5.32 Å². The van der Waals surface area contributed by atoms with E-state index in [0.717, 1.165) is 22.4 Å². The van der Waals surface area contributed by atoms with Crippen LogP contribution in [0.25, 0.3) is 0 Å². The van der Waals surface area contributed by atoms with Crippen molar-refractivity contribution in [1.82, 2.24) is 0 Å². The van der Waals surface area contributed by atoms with Crippen LogP contribution >= 0.6 is 11.6 Å². The summed E-state index contributed by atoms with van der Waals surface area (Å²) < 4.78 is 0. The summed E-state index contributed by atoms with van der Waals surface area (Å²) in [5.41, 5.74) is 3.81. The molecular weight excluding hydrogens is 258 g/mol. The van der Waals surface area contributed by atoms with E-state index in [1.54, 1.807) is 0 Å². The number of anilines is 1. The molecule has 0 saturated heterocycles. The Kier molecular flexibility index (Phi) is 4.23. The van der Waals surface area contributed by atoms with Crippen molar-refractivity contribution in [2.24, 2.45) is 0 Å². The molecule has 0 spiro atoms. The molecule has 0 radical (unpaired) electrons. The number of halogens is 1. The molecule has 0 heterocycles. The van der Waals surface area contributed by atoms with Crippen LogP contribution in [0.1, 0.15) is 22.1 Å². The van der Waals surface area contributed by atoms with Crippen molar-refractivity contribution >= 4 is 23.2 Å². The number of rotatable bonds is 3. The van der Waals surface area contributed by atoms with Crippen LogP contribution in [-0.4, -0.2) is 5.91 Å². The van der Waals surface area contributed by atoms with Gasteiger partial charge in [-0.05, 0) is 36.6 Å². The van der Waals surface area contributed by atoms with Crippen LogP contribution in [0.4, 0.5) is 5.69 Å². The summed E-state index contributed by atoms with van der Waals surface area (Å²) in [6.07, 6.45) is 0. The first-order valence-corrected chi connectivity index (χ1v) is 6.59. The molecule has 0 aliphatic rings. The van der Waals surface area contributed by atoms with Crippen molar-refractivity contribution in [3.05, 3.63) is 65.2 Å². The highest BCUT2D eigenvalue weighted by Crippen LogP contribution is 2.24. The SMILES string of the molecule is Cc1cccc(NC(=O)C(Cl)c2ccccc2)c1C. The van der Waals surface area contributed by atoms with Gasteiger partial charge in [0.2, 0.25) is 5.91 Å². The van der Waals surface area contributed by atoms with Crippen LogP contribution in [0.5, 0.6) is 0 Å². The highest BCUT2D eigenvalue weighted by molar-refractivity contribution is 6.32. The van der Waals surface area contributed by atoms with E-state index in [4.69, 9.17) is 11.6 Å². The minimum absolute atomic E-state index is 0.207. The largest absolute Gasteiger partial charge is 0.324 e. The summed E-state index contributed by atoms with van der Waals surface area (Å²) in [4.78, 5) is 12.1. The number of nitrogens with one attached hydrogen (secondary N) is 1. The van der Waals surface area contributed by atoms with Crippen LogP contribution in [0.2, 0.25) is 0 Å². The molecule has 1 amide bonds. The van der Waals surface area contributed by atoms with Gasteiger partial charge in [-0.15, -0.1) is 11.6 Å². The Hall–Kier alpha value is -1.80. The van der Waals surface area contributed by atoms with E-state index in [1.165, 1.54) is 0 Å². The minimum Gasteiger partial charge on any atom is -0.324 e. The van der Waals surface area contributed by atoms with Crippen molar-refractivity contribution in [2.45, 2.75) is 19.2 Å². The lowest BCUT2D eigenvalue weighted by Gasteiger charge is -2.13. The standard InChI is InChI=1S/C16H16ClNO/c1-11-7-6-10-14(12(11)2)18-16(19)15(17)13-8-4-3-5-9-13/h3-10,15H,1-2H3,(H,18,19). The lowest BCUT2D eigenvalue weighted by Crippen LogP contribution is -2.18. The molecule has 0 saturated carbocycles. The lowest BCUT2D eigenvalue weighted by molar-refractivity contribution is -0.116. The number of carbonyl (C=O) groups excluding carboxylic acids is 1. The van der Waals surface area contributed by atoms with E-state index in [2.05, 4.69) is 5.32 Å². The Morgan fingerprint density at radius 2 is 1.74 bits per heavy atom. The molecule has 0 aliphatic heterocycles. The van der Waals surface area contributed by atoms with Crippen LogP contribution in [0.3, 0.4) is 0 Å². The number of aryl methyl sites for hydroxylation is 1. The van der Waals surface area contributed by atoms with E-state index >= 15 is 0 Å². The number of carbonyl (C=O) groups is 1. The monoisotopic (exact) mass is 273 g/mol. The summed E-state index contributed by atoms with van der Waals surface area (Å²) in [6, 6.07) is 15.2. The normalized spacial score (nSPS) is 11.9. The van der Waals surface area contributed by atoms with Crippen molar-refractivity contribution in [3.63, 3.8) is 0 Å². The topological polar surface area (TPSA) is 29.1 Å². The molecule has 3 heteroatoms. The van der Waals surface area contributed by atoms with E-state index in [9.17, 15) is 4.79 Å². The van der Waals surface area contributed by atoms with E-state index in [1.807, 2.05) is 62.4 Å². The smallest absolute Gasteiger partial charge is 0.246 e. The van der Waals surface area contributed by atoms with Gasteiger partial charge in [-0.2, -0.15) is 0 Å². The summed E-state index contributed by atoms with van der Waals surface area (Å²) in [6.45, 7) is 4.00. The molecular formula is C16H16ClNO. The predicted molar refractivity (Wildman–Crippen MR) is 79.6 cm³/mol. The molecule has 0 fully saturated rings. The van der Waals surface area contributed by atoms with Gasteiger partial charge in [0, 0.05) is 5.69 Å². The molecule has 0 aromatic heterocycles. The second-order valence-electron chi connectivity index (χ2n) is 4.51. The minimum atomic E-state index is -0.680. The molecule has 2 rings (SSSR count). The van der Waals surface area contributed by atoms with Crippen molar-refractivity contribution < 1.29 is 4.79 Å². The number of alkyl halides is 1. The summed E-state index contributed by atoms with van der Waals surface area (Å²) in [5.74, 6) is -0.207. The van der Waals surface area contributed by atoms with Crippen molar-refractivity contribution in [1.29, 1.82) is 0 Å². The average molecular weight is 274 g/mol. The number of benzene rings is 2. The lowest BCUT2D eigenvalue weighted by atomic mass is 10.1. The van der Waals surface area contributed by atoms with Gasteiger partial charge in [-0.25, -0.2) is 0 Å². The molecule has 2 aromatic rings. The molecule has 1 N–H and O–H groups in total. The summed E-state index contributed by atoms with van der Waals surface area (Å²) in [7, 11) is 0. The fourth-order valence-corrected chi connectivity index (χ4v) is 2.06. The number of amides is 1. The maximum atomic E-state index is 12.1. The highest BCUT2D eigenvalue weighted by Gasteiger charge is 2.18.